The fraction of sp³-hybridized carbons (Fsp3) is 0.0588. The molecule has 0 aliphatic carbocycles. The second-order valence-electron chi connectivity index (χ2n) is 4.88. The molecule has 1 heterocycles. The number of hydrogen-bond donors (Lipinski definition) is 2. The van der Waals surface area contributed by atoms with E-state index >= 15 is 0 Å². The summed E-state index contributed by atoms with van der Waals surface area (Å²) in [7, 11) is 1.98. The van der Waals surface area contributed by atoms with Gasteiger partial charge in [0, 0.05) is 29.9 Å². The Balaban J connectivity index is 2.04. The maximum atomic E-state index is 7.44. The van der Waals surface area contributed by atoms with Crippen molar-refractivity contribution in [2.45, 2.75) is 0 Å². The first-order chi connectivity index (χ1) is 10.2. The van der Waals surface area contributed by atoms with Crippen LogP contribution in [0.5, 0.6) is 0 Å². The molecule has 104 valence electrons. The molecule has 0 bridgehead atoms. The second kappa shape index (κ2) is 5.25. The van der Waals surface area contributed by atoms with Crippen molar-refractivity contribution in [1.82, 2.24) is 4.98 Å². The third kappa shape index (κ3) is 2.43. The molecular weight excluding hydrogens is 260 g/mol. The van der Waals surface area contributed by atoms with Crippen LogP contribution >= 0.6 is 0 Å². The largest absolute Gasteiger partial charge is 0.384 e. The number of nitrogens with one attached hydrogen (secondary N) is 1. The van der Waals surface area contributed by atoms with Gasteiger partial charge in [-0.15, -0.1) is 0 Å². The fourth-order valence-corrected chi connectivity index (χ4v) is 2.36. The Morgan fingerprint density at radius 2 is 1.76 bits per heavy atom. The average molecular weight is 276 g/mol. The molecule has 3 aromatic rings. The van der Waals surface area contributed by atoms with Gasteiger partial charge in [-0.1, -0.05) is 24.3 Å². The molecule has 4 heteroatoms. The molecule has 0 spiro atoms. The van der Waals surface area contributed by atoms with Crippen LogP contribution in [0, 0.1) is 5.41 Å². The number of nitrogens with two attached hydrogens (primary N) is 1. The van der Waals surface area contributed by atoms with Crippen LogP contribution in [0.1, 0.15) is 5.56 Å². The van der Waals surface area contributed by atoms with E-state index in [0.29, 0.717) is 0 Å². The van der Waals surface area contributed by atoms with Crippen LogP contribution < -0.4 is 10.6 Å². The van der Waals surface area contributed by atoms with Crippen molar-refractivity contribution >= 4 is 28.1 Å². The predicted molar refractivity (Wildman–Crippen MR) is 87.3 cm³/mol. The van der Waals surface area contributed by atoms with E-state index in [4.69, 9.17) is 11.1 Å². The van der Waals surface area contributed by atoms with Crippen molar-refractivity contribution < 1.29 is 0 Å². The van der Waals surface area contributed by atoms with Crippen molar-refractivity contribution in [2.24, 2.45) is 5.73 Å². The summed E-state index contributed by atoms with van der Waals surface area (Å²) in [6, 6.07) is 17.8. The van der Waals surface area contributed by atoms with E-state index in [1.54, 1.807) is 0 Å². The molecular formula is C17H16N4. The van der Waals surface area contributed by atoms with Crippen LogP contribution in [0.3, 0.4) is 0 Å². The van der Waals surface area contributed by atoms with Crippen LogP contribution in [0.4, 0.5) is 11.5 Å². The van der Waals surface area contributed by atoms with Crippen molar-refractivity contribution in [2.75, 3.05) is 11.9 Å². The Morgan fingerprint density at radius 1 is 1.05 bits per heavy atom. The fourth-order valence-electron chi connectivity index (χ4n) is 2.36. The molecule has 0 fully saturated rings. The second-order valence-corrected chi connectivity index (χ2v) is 4.88. The Kier molecular flexibility index (Phi) is 3.28. The van der Waals surface area contributed by atoms with E-state index in [-0.39, 0.29) is 5.84 Å². The number of nitrogens with zero attached hydrogens (tertiary/aromatic N) is 2. The number of benzene rings is 2. The lowest BCUT2D eigenvalue weighted by Crippen LogP contribution is -2.13. The van der Waals surface area contributed by atoms with Gasteiger partial charge in [0.25, 0.3) is 0 Å². The first-order valence-corrected chi connectivity index (χ1v) is 6.69. The lowest BCUT2D eigenvalue weighted by molar-refractivity contribution is 1.14. The molecule has 0 aliphatic heterocycles. The van der Waals surface area contributed by atoms with Gasteiger partial charge in [0.2, 0.25) is 0 Å². The van der Waals surface area contributed by atoms with Gasteiger partial charge < -0.3 is 10.6 Å². The van der Waals surface area contributed by atoms with Gasteiger partial charge in [0.1, 0.15) is 11.7 Å². The van der Waals surface area contributed by atoms with Crippen molar-refractivity contribution in [3.63, 3.8) is 0 Å². The smallest absolute Gasteiger partial charge is 0.140 e. The van der Waals surface area contributed by atoms with Gasteiger partial charge in [-0.3, -0.25) is 5.41 Å². The highest BCUT2D eigenvalue weighted by atomic mass is 15.2. The normalized spacial score (nSPS) is 10.5. The zero-order chi connectivity index (χ0) is 14.8. The molecule has 0 radical (unpaired) electrons. The number of amidine groups is 1. The van der Waals surface area contributed by atoms with Crippen molar-refractivity contribution in [3.8, 4) is 0 Å². The molecule has 0 atom stereocenters. The summed E-state index contributed by atoms with van der Waals surface area (Å²) in [6.45, 7) is 0. The molecule has 3 N–H and O–H groups in total. The Labute approximate surface area is 123 Å². The predicted octanol–water partition coefficient (Wildman–Crippen LogP) is 3.29. The van der Waals surface area contributed by atoms with Gasteiger partial charge >= 0.3 is 0 Å². The Hall–Kier alpha value is -2.88. The number of pyridine rings is 1. The first kappa shape index (κ1) is 13.1. The molecule has 0 amide bonds. The van der Waals surface area contributed by atoms with E-state index in [1.807, 2.05) is 60.6 Å². The van der Waals surface area contributed by atoms with Crippen LogP contribution in [-0.4, -0.2) is 17.9 Å². The quantitative estimate of drug-likeness (QED) is 0.570. The van der Waals surface area contributed by atoms with E-state index in [2.05, 4.69) is 17.1 Å². The van der Waals surface area contributed by atoms with Crippen LogP contribution in [-0.2, 0) is 0 Å². The molecule has 4 nitrogen and oxygen atoms in total. The van der Waals surface area contributed by atoms with E-state index in [9.17, 15) is 0 Å². The highest BCUT2D eigenvalue weighted by Gasteiger charge is 2.09. The highest BCUT2D eigenvalue weighted by Crippen LogP contribution is 2.28. The lowest BCUT2D eigenvalue weighted by Gasteiger charge is -2.20. The monoisotopic (exact) mass is 276 g/mol. The first-order valence-electron chi connectivity index (χ1n) is 6.69. The summed E-state index contributed by atoms with van der Waals surface area (Å²) in [5, 5.41) is 9.71. The van der Waals surface area contributed by atoms with Gasteiger partial charge in [-0.25, -0.2) is 4.98 Å². The maximum Gasteiger partial charge on any atom is 0.140 e. The van der Waals surface area contributed by atoms with Crippen molar-refractivity contribution in [1.29, 1.82) is 5.41 Å². The molecule has 3 rings (SSSR count). The van der Waals surface area contributed by atoms with E-state index in [1.165, 1.54) is 0 Å². The minimum Gasteiger partial charge on any atom is -0.384 e. The molecule has 21 heavy (non-hydrogen) atoms. The number of fused-ring (bicyclic) bond motifs is 1. The number of nitrogen functional groups attached to an aromatic ring is 1. The van der Waals surface area contributed by atoms with Gasteiger partial charge in [0.05, 0.1) is 0 Å². The van der Waals surface area contributed by atoms with Gasteiger partial charge in [-0.05, 0) is 35.7 Å². The molecule has 0 unspecified atom stereocenters. The molecule has 0 saturated heterocycles. The summed E-state index contributed by atoms with van der Waals surface area (Å²) >= 11 is 0. The summed E-state index contributed by atoms with van der Waals surface area (Å²) in [4.78, 5) is 6.53. The SMILES string of the molecule is CN(c1ccc(C(=N)N)cc1)c1nccc2ccccc12. The summed E-state index contributed by atoms with van der Waals surface area (Å²) in [5.74, 6) is 0.983. The van der Waals surface area contributed by atoms with Gasteiger partial charge in [0.15, 0.2) is 0 Å². The van der Waals surface area contributed by atoms with Crippen LogP contribution in [0.25, 0.3) is 10.8 Å². The zero-order valence-electron chi connectivity index (χ0n) is 11.7. The lowest BCUT2D eigenvalue weighted by atomic mass is 10.1. The number of aromatic nitrogens is 1. The molecule has 1 aromatic heterocycles. The number of hydrogen-bond acceptors (Lipinski definition) is 3. The van der Waals surface area contributed by atoms with E-state index < -0.39 is 0 Å². The van der Waals surface area contributed by atoms with Crippen molar-refractivity contribution in [3.05, 3.63) is 66.4 Å². The topological polar surface area (TPSA) is 66.0 Å². The van der Waals surface area contributed by atoms with Gasteiger partial charge in [-0.2, -0.15) is 0 Å². The molecule has 2 aromatic carbocycles. The number of rotatable bonds is 3. The van der Waals surface area contributed by atoms with Crippen LogP contribution in [0.15, 0.2) is 60.8 Å². The summed E-state index contributed by atoms with van der Waals surface area (Å²) in [6.07, 6.45) is 1.82. The number of anilines is 2. The molecule has 0 aliphatic rings. The minimum atomic E-state index is 0.0764. The summed E-state index contributed by atoms with van der Waals surface area (Å²) < 4.78 is 0. The highest BCUT2D eigenvalue weighted by molar-refractivity contribution is 5.96. The minimum absolute atomic E-state index is 0.0764. The standard InChI is InChI=1S/C17H16N4/c1-21(14-8-6-13(7-9-14)16(18)19)17-15-5-3-2-4-12(15)10-11-20-17/h2-11H,1H3,(H3,18,19). The average Bonchev–Trinajstić information content (AvgIpc) is 2.53. The molecule has 0 saturated carbocycles. The third-order valence-corrected chi connectivity index (χ3v) is 3.54. The Morgan fingerprint density at radius 3 is 2.48 bits per heavy atom. The van der Waals surface area contributed by atoms with E-state index in [0.717, 1.165) is 27.8 Å². The third-order valence-electron chi connectivity index (χ3n) is 3.54. The maximum absolute atomic E-state index is 7.44. The van der Waals surface area contributed by atoms with Crippen LogP contribution in [0.2, 0.25) is 0 Å². The Bertz CT molecular complexity index is 788. The zero-order valence-corrected chi connectivity index (χ0v) is 11.7. The summed E-state index contributed by atoms with van der Waals surface area (Å²) in [5.41, 5.74) is 7.21.